The third-order valence-corrected chi connectivity index (χ3v) is 5.30. The Hall–Kier alpha value is -2.24. The highest BCUT2D eigenvalue weighted by molar-refractivity contribution is 5.84. The van der Waals surface area contributed by atoms with Gasteiger partial charge in [0.2, 0.25) is 0 Å². The number of aryl methyl sites for hydroxylation is 1. The van der Waals surface area contributed by atoms with Crippen molar-refractivity contribution in [2.75, 3.05) is 26.2 Å². The molecule has 0 aliphatic carbocycles. The monoisotopic (exact) mass is 352 g/mol. The van der Waals surface area contributed by atoms with Gasteiger partial charge >= 0.3 is 0 Å². The summed E-state index contributed by atoms with van der Waals surface area (Å²) in [5.74, 6) is -0.175. The van der Waals surface area contributed by atoms with Crippen molar-refractivity contribution >= 4 is 10.9 Å². The minimum absolute atomic E-state index is 0.175. The van der Waals surface area contributed by atoms with Crippen LogP contribution in [0.2, 0.25) is 0 Å². The molecule has 1 aliphatic rings. The highest BCUT2D eigenvalue weighted by Gasteiger charge is 2.17. The van der Waals surface area contributed by atoms with Gasteiger partial charge in [-0.1, -0.05) is 6.07 Å². The quantitative estimate of drug-likeness (QED) is 0.777. The van der Waals surface area contributed by atoms with Crippen molar-refractivity contribution in [1.29, 1.82) is 0 Å². The summed E-state index contributed by atoms with van der Waals surface area (Å²) in [7, 11) is 0. The number of aromatic nitrogens is 2. The van der Waals surface area contributed by atoms with Crippen LogP contribution in [-0.2, 0) is 13.1 Å². The van der Waals surface area contributed by atoms with Gasteiger partial charge < -0.3 is 4.98 Å². The van der Waals surface area contributed by atoms with Crippen LogP contribution in [-0.4, -0.2) is 45.9 Å². The fraction of sp³-hybridized carbons (Fsp3) is 0.381. The number of nitrogens with zero attached hydrogens (tertiary/aromatic N) is 3. The molecular formula is C21H25FN4. The van der Waals surface area contributed by atoms with Crippen LogP contribution in [0.5, 0.6) is 0 Å². The molecule has 0 amide bonds. The summed E-state index contributed by atoms with van der Waals surface area (Å²) < 4.78 is 13.5. The zero-order chi connectivity index (χ0) is 17.9. The maximum Gasteiger partial charge on any atom is 0.123 e. The largest absolute Gasteiger partial charge is 0.357 e. The number of fused-ring (bicyclic) bond motifs is 1. The molecule has 0 saturated carbocycles. The molecule has 26 heavy (non-hydrogen) atoms. The molecule has 136 valence electrons. The lowest BCUT2D eigenvalue weighted by Crippen LogP contribution is -2.30. The average Bonchev–Trinajstić information content (AvgIpc) is 2.81. The van der Waals surface area contributed by atoms with Crippen molar-refractivity contribution < 1.29 is 4.39 Å². The highest BCUT2D eigenvalue weighted by atomic mass is 19.1. The normalized spacial score (nSPS) is 16.8. The van der Waals surface area contributed by atoms with Crippen LogP contribution in [0.4, 0.5) is 4.39 Å². The maximum absolute atomic E-state index is 13.5. The van der Waals surface area contributed by atoms with Gasteiger partial charge in [0.05, 0.1) is 5.69 Å². The molecule has 1 N–H and O–H groups in total. The lowest BCUT2D eigenvalue weighted by molar-refractivity contribution is 0.244. The third-order valence-electron chi connectivity index (χ3n) is 5.30. The summed E-state index contributed by atoms with van der Waals surface area (Å²) in [5, 5.41) is 0.992. The predicted molar refractivity (Wildman–Crippen MR) is 102 cm³/mol. The van der Waals surface area contributed by atoms with Crippen LogP contribution >= 0.6 is 0 Å². The number of benzene rings is 1. The van der Waals surface area contributed by atoms with Crippen LogP contribution in [0.15, 0.2) is 42.6 Å². The molecule has 0 atom stereocenters. The Kier molecular flexibility index (Phi) is 5.00. The molecule has 0 spiro atoms. The van der Waals surface area contributed by atoms with Crippen LogP contribution in [0, 0.1) is 12.7 Å². The van der Waals surface area contributed by atoms with Crippen molar-refractivity contribution in [3.63, 3.8) is 0 Å². The number of rotatable bonds is 4. The van der Waals surface area contributed by atoms with Crippen molar-refractivity contribution in [2.45, 2.75) is 26.4 Å². The van der Waals surface area contributed by atoms with Gasteiger partial charge in [0.25, 0.3) is 0 Å². The van der Waals surface area contributed by atoms with E-state index in [1.807, 2.05) is 24.4 Å². The van der Waals surface area contributed by atoms with Crippen LogP contribution < -0.4 is 0 Å². The smallest absolute Gasteiger partial charge is 0.123 e. The van der Waals surface area contributed by atoms with Gasteiger partial charge in [-0.25, -0.2) is 4.39 Å². The van der Waals surface area contributed by atoms with E-state index in [1.165, 1.54) is 11.8 Å². The van der Waals surface area contributed by atoms with E-state index in [9.17, 15) is 4.39 Å². The van der Waals surface area contributed by atoms with E-state index in [1.54, 1.807) is 6.07 Å². The molecule has 0 bridgehead atoms. The van der Waals surface area contributed by atoms with Gasteiger partial charge in [0, 0.05) is 49.0 Å². The van der Waals surface area contributed by atoms with Crippen molar-refractivity contribution in [1.82, 2.24) is 19.8 Å². The lowest BCUT2D eigenvalue weighted by atomic mass is 10.1. The molecule has 4 nitrogen and oxygen atoms in total. The van der Waals surface area contributed by atoms with E-state index in [-0.39, 0.29) is 5.82 Å². The highest BCUT2D eigenvalue weighted by Crippen LogP contribution is 2.24. The predicted octanol–water partition coefficient (Wildman–Crippen LogP) is 3.72. The minimum atomic E-state index is -0.175. The number of halogens is 1. The third kappa shape index (κ3) is 3.79. The summed E-state index contributed by atoms with van der Waals surface area (Å²) in [6, 6.07) is 11.1. The summed E-state index contributed by atoms with van der Waals surface area (Å²) in [5.41, 5.74) is 4.51. The zero-order valence-electron chi connectivity index (χ0n) is 15.2. The van der Waals surface area contributed by atoms with Gasteiger partial charge in [-0.2, -0.15) is 0 Å². The molecule has 1 saturated heterocycles. The van der Waals surface area contributed by atoms with Gasteiger partial charge in [0.1, 0.15) is 5.82 Å². The second-order valence-corrected chi connectivity index (χ2v) is 7.15. The Morgan fingerprint density at radius 2 is 1.85 bits per heavy atom. The van der Waals surface area contributed by atoms with E-state index in [0.29, 0.717) is 0 Å². The number of hydrogen-bond donors (Lipinski definition) is 1. The van der Waals surface area contributed by atoms with Gasteiger partial charge in [-0.3, -0.25) is 14.8 Å². The first kappa shape index (κ1) is 17.2. The molecular weight excluding hydrogens is 327 g/mol. The fourth-order valence-corrected chi connectivity index (χ4v) is 3.80. The molecule has 0 radical (unpaired) electrons. The molecule has 3 heterocycles. The lowest BCUT2D eigenvalue weighted by Gasteiger charge is -2.21. The first-order valence-electron chi connectivity index (χ1n) is 9.30. The first-order chi connectivity index (χ1) is 12.7. The Morgan fingerprint density at radius 1 is 1.04 bits per heavy atom. The van der Waals surface area contributed by atoms with Crippen molar-refractivity contribution in [2.24, 2.45) is 0 Å². The molecule has 4 rings (SSSR count). The summed E-state index contributed by atoms with van der Waals surface area (Å²) in [6.07, 6.45) is 3.02. The van der Waals surface area contributed by atoms with Gasteiger partial charge in [-0.15, -0.1) is 0 Å². The summed E-state index contributed by atoms with van der Waals surface area (Å²) >= 11 is 0. The Morgan fingerprint density at radius 3 is 2.62 bits per heavy atom. The van der Waals surface area contributed by atoms with Crippen LogP contribution in [0.1, 0.15) is 23.4 Å². The number of H-pyrrole nitrogens is 1. The van der Waals surface area contributed by atoms with Crippen LogP contribution in [0.3, 0.4) is 0 Å². The number of nitrogens with one attached hydrogen (secondary N) is 1. The van der Waals surface area contributed by atoms with E-state index in [0.717, 1.165) is 67.8 Å². The number of hydrogen-bond acceptors (Lipinski definition) is 3. The second kappa shape index (κ2) is 7.56. The fourth-order valence-electron chi connectivity index (χ4n) is 3.80. The molecule has 1 aliphatic heterocycles. The molecule has 2 aromatic heterocycles. The Balaban J connectivity index is 1.41. The SMILES string of the molecule is Cc1c(CN2CCCN(Cc3ccccn3)CC2)[nH]c2ccc(F)cc12. The second-order valence-electron chi connectivity index (χ2n) is 7.15. The van der Waals surface area contributed by atoms with Gasteiger partial charge in [-0.05, 0) is 62.3 Å². The van der Waals surface area contributed by atoms with E-state index < -0.39 is 0 Å². The first-order valence-corrected chi connectivity index (χ1v) is 9.30. The molecule has 3 aromatic rings. The minimum Gasteiger partial charge on any atom is -0.357 e. The summed E-state index contributed by atoms with van der Waals surface area (Å²) in [6.45, 7) is 8.16. The van der Waals surface area contributed by atoms with E-state index >= 15 is 0 Å². The molecule has 1 aromatic carbocycles. The maximum atomic E-state index is 13.5. The van der Waals surface area contributed by atoms with E-state index in [2.05, 4.69) is 32.8 Å². The average molecular weight is 352 g/mol. The molecule has 1 fully saturated rings. The Bertz CT molecular complexity index is 874. The molecule has 5 heteroatoms. The van der Waals surface area contributed by atoms with E-state index in [4.69, 9.17) is 0 Å². The topological polar surface area (TPSA) is 35.2 Å². The molecule has 0 unspecified atom stereocenters. The Labute approximate surface area is 153 Å². The van der Waals surface area contributed by atoms with Crippen LogP contribution in [0.25, 0.3) is 10.9 Å². The van der Waals surface area contributed by atoms with Gasteiger partial charge in [0.15, 0.2) is 0 Å². The number of aromatic amines is 1. The van der Waals surface area contributed by atoms with Crippen molar-refractivity contribution in [3.05, 3.63) is 65.4 Å². The van der Waals surface area contributed by atoms with Crippen molar-refractivity contribution in [3.8, 4) is 0 Å². The number of pyridine rings is 1. The standard InChI is InChI=1S/C21H25FN4/c1-16-19-13-17(22)6-7-20(19)24-21(16)15-26-10-4-9-25(11-12-26)14-18-5-2-3-8-23-18/h2-3,5-8,13,24H,4,9-12,14-15H2,1H3. The zero-order valence-corrected chi connectivity index (χ0v) is 15.2. The summed E-state index contributed by atoms with van der Waals surface area (Å²) in [4.78, 5) is 12.9.